The molecule has 0 N–H and O–H groups in total. The zero-order valence-corrected chi connectivity index (χ0v) is 10.9. The van der Waals surface area contributed by atoms with Crippen molar-refractivity contribution in [2.45, 2.75) is 13.8 Å². The molecule has 1 aromatic heterocycles. The summed E-state index contributed by atoms with van der Waals surface area (Å²) in [7, 11) is 0. The van der Waals surface area contributed by atoms with Gasteiger partial charge in [0.15, 0.2) is 0 Å². The van der Waals surface area contributed by atoms with Gasteiger partial charge >= 0.3 is 0 Å². The SMILES string of the molecule is Cc1ccsc1C=Nc1cccc([N+](=O)[O-])c1C. The van der Waals surface area contributed by atoms with E-state index in [1.165, 1.54) is 6.07 Å². The molecule has 0 unspecified atom stereocenters. The third-order valence-corrected chi connectivity index (χ3v) is 3.65. The Morgan fingerprint density at radius 1 is 1.33 bits per heavy atom. The summed E-state index contributed by atoms with van der Waals surface area (Å²) >= 11 is 1.60. The molecule has 0 aliphatic carbocycles. The van der Waals surface area contributed by atoms with E-state index in [1.54, 1.807) is 36.6 Å². The van der Waals surface area contributed by atoms with E-state index in [9.17, 15) is 10.1 Å². The Morgan fingerprint density at radius 2 is 2.11 bits per heavy atom. The van der Waals surface area contributed by atoms with E-state index in [2.05, 4.69) is 4.99 Å². The van der Waals surface area contributed by atoms with Crippen molar-refractivity contribution in [2.24, 2.45) is 4.99 Å². The highest BCUT2D eigenvalue weighted by Crippen LogP contribution is 2.27. The van der Waals surface area contributed by atoms with Crippen LogP contribution in [-0.4, -0.2) is 11.1 Å². The summed E-state index contributed by atoms with van der Waals surface area (Å²) < 4.78 is 0. The Hall–Kier alpha value is -2.01. The van der Waals surface area contributed by atoms with Crippen molar-refractivity contribution in [2.75, 3.05) is 0 Å². The lowest BCUT2D eigenvalue weighted by Gasteiger charge is -2.00. The fourth-order valence-corrected chi connectivity index (χ4v) is 2.38. The molecule has 4 nitrogen and oxygen atoms in total. The molecule has 0 radical (unpaired) electrons. The monoisotopic (exact) mass is 260 g/mol. The Labute approximate surface area is 109 Å². The number of nitro groups is 1. The van der Waals surface area contributed by atoms with Gasteiger partial charge in [0.25, 0.3) is 5.69 Å². The second kappa shape index (κ2) is 5.10. The number of hydrogen-bond donors (Lipinski definition) is 0. The topological polar surface area (TPSA) is 55.5 Å². The molecular formula is C13H12N2O2S. The van der Waals surface area contributed by atoms with Gasteiger partial charge in [0, 0.05) is 17.2 Å². The number of nitrogens with zero attached hydrogens (tertiary/aromatic N) is 2. The fourth-order valence-electron chi connectivity index (χ4n) is 1.59. The molecule has 0 amide bonds. The molecule has 0 bridgehead atoms. The predicted molar refractivity (Wildman–Crippen MR) is 74.1 cm³/mol. The highest BCUT2D eigenvalue weighted by molar-refractivity contribution is 7.11. The Balaban J connectivity index is 2.36. The van der Waals surface area contributed by atoms with Crippen molar-refractivity contribution >= 4 is 28.9 Å². The number of rotatable bonds is 3. The number of aliphatic imine (C=N–C) groups is 1. The molecule has 5 heteroatoms. The van der Waals surface area contributed by atoms with Crippen LogP contribution < -0.4 is 0 Å². The van der Waals surface area contributed by atoms with Crippen LogP contribution in [0, 0.1) is 24.0 Å². The van der Waals surface area contributed by atoms with Crippen LogP contribution >= 0.6 is 11.3 Å². The van der Waals surface area contributed by atoms with Gasteiger partial charge in [-0.05, 0) is 36.9 Å². The van der Waals surface area contributed by atoms with Crippen LogP contribution in [0.15, 0.2) is 34.6 Å². The number of nitro benzene ring substituents is 1. The number of hydrogen-bond acceptors (Lipinski definition) is 4. The standard InChI is InChI=1S/C13H12N2O2S/c1-9-6-7-18-13(9)8-14-11-4-3-5-12(10(11)2)15(16)17/h3-8H,1-2H3. The zero-order valence-electron chi connectivity index (χ0n) is 10.1. The van der Waals surface area contributed by atoms with E-state index in [-0.39, 0.29) is 10.6 Å². The van der Waals surface area contributed by atoms with Crippen molar-refractivity contribution in [1.82, 2.24) is 0 Å². The van der Waals surface area contributed by atoms with Gasteiger partial charge in [0.2, 0.25) is 0 Å². The fraction of sp³-hybridized carbons (Fsp3) is 0.154. The average Bonchev–Trinajstić information content (AvgIpc) is 2.73. The molecule has 2 aromatic rings. The minimum absolute atomic E-state index is 0.104. The largest absolute Gasteiger partial charge is 0.274 e. The molecule has 18 heavy (non-hydrogen) atoms. The van der Waals surface area contributed by atoms with Crippen molar-refractivity contribution in [3.8, 4) is 0 Å². The lowest BCUT2D eigenvalue weighted by molar-refractivity contribution is -0.385. The number of aryl methyl sites for hydroxylation is 1. The van der Waals surface area contributed by atoms with Gasteiger partial charge < -0.3 is 0 Å². The maximum absolute atomic E-state index is 10.8. The first-order valence-electron chi connectivity index (χ1n) is 5.42. The summed E-state index contributed by atoms with van der Waals surface area (Å²) in [5, 5.41) is 12.8. The minimum Gasteiger partial charge on any atom is -0.258 e. The van der Waals surface area contributed by atoms with E-state index in [0.717, 1.165) is 10.4 Å². The zero-order chi connectivity index (χ0) is 13.1. The molecular weight excluding hydrogens is 248 g/mol. The highest BCUT2D eigenvalue weighted by atomic mass is 32.1. The summed E-state index contributed by atoms with van der Waals surface area (Å²) in [6.45, 7) is 3.73. The van der Waals surface area contributed by atoms with Crippen molar-refractivity contribution in [3.63, 3.8) is 0 Å². The van der Waals surface area contributed by atoms with E-state index in [4.69, 9.17) is 0 Å². The Kier molecular flexibility index (Phi) is 3.53. The quantitative estimate of drug-likeness (QED) is 0.475. The second-order valence-electron chi connectivity index (χ2n) is 3.90. The smallest absolute Gasteiger partial charge is 0.258 e. The molecule has 0 saturated heterocycles. The minimum atomic E-state index is -0.384. The van der Waals surface area contributed by atoms with Crippen LogP contribution in [0.5, 0.6) is 0 Å². The molecule has 0 aliphatic heterocycles. The molecule has 0 aliphatic rings. The van der Waals surface area contributed by atoms with E-state index in [0.29, 0.717) is 11.3 Å². The third-order valence-electron chi connectivity index (χ3n) is 2.70. The van der Waals surface area contributed by atoms with Gasteiger partial charge in [-0.1, -0.05) is 6.07 Å². The lowest BCUT2D eigenvalue weighted by atomic mass is 10.1. The Bertz CT molecular complexity index is 617. The Morgan fingerprint density at radius 3 is 2.72 bits per heavy atom. The molecule has 0 fully saturated rings. The molecule has 1 heterocycles. The molecule has 1 aromatic carbocycles. The van der Waals surface area contributed by atoms with Crippen LogP contribution in [0.2, 0.25) is 0 Å². The second-order valence-corrected chi connectivity index (χ2v) is 4.85. The van der Waals surface area contributed by atoms with E-state index >= 15 is 0 Å². The summed E-state index contributed by atoms with van der Waals surface area (Å²) in [5.74, 6) is 0. The van der Waals surface area contributed by atoms with Crippen molar-refractivity contribution < 1.29 is 4.92 Å². The van der Waals surface area contributed by atoms with E-state index in [1.807, 2.05) is 18.4 Å². The molecule has 0 atom stereocenters. The van der Waals surface area contributed by atoms with Crippen molar-refractivity contribution in [3.05, 3.63) is 55.8 Å². The number of thiophene rings is 1. The number of benzene rings is 1. The van der Waals surface area contributed by atoms with Crippen molar-refractivity contribution in [1.29, 1.82) is 0 Å². The lowest BCUT2D eigenvalue weighted by Crippen LogP contribution is -1.91. The van der Waals surface area contributed by atoms with Gasteiger partial charge in [0.05, 0.1) is 16.2 Å². The van der Waals surface area contributed by atoms with Crippen LogP contribution in [0.4, 0.5) is 11.4 Å². The summed E-state index contributed by atoms with van der Waals surface area (Å²) in [5.41, 5.74) is 2.49. The van der Waals surface area contributed by atoms with Crippen LogP contribution in [0.3, 0.4) is 0 Å². The van der Waals surface area contributed by atoms with Crippen LogP contribution in [0.1, 0.15) is 16.0 Å². The average molecular weight is 260 g/mol. The van der Waals surface area contributed by atoms with Gasteiger partial charge in [-0.25, -0.2) is 0 Å². The molecule has 92 valence electrons. The molecule has 0 saturated carbocycles. The summed E-state index contributed by atoms with van der Waals surface area (Å²) in [6, 6.07) is 6.94. The summed E-state index contributed by atoms with van der Waals surface area (Å²) in [4.78, 5) is 15.8. The van der Waals surface area contributed by atoms with Gasteiger partial charge in [-0.3, -0.25) is 15.1 Å². The first-order chi connectivity index (χ1) is 8.59. The maximum atomic E-state index is 10.8. The van der Waals surface area contributed by atoms with Crippen LogP contribution in [0.25, 0.3) is 0 Å². The van der Waals surface area contributed by atoms with Gasteiger partial charge in [-0.15, -0.1) is 11.3 Å². The van der Waals surface area contributed by atoms with Crippen LogP contribution in [-0.2, 0) is 0 Å². The molecule has 2 rings (SSSR count). The normalized spacial score (nSPS) is 11.0. The third kappa shape index (κ3) is 2.46. The van der Waals surface area contributed by atoms with Gasteiger partial charge in [0.1, 0.15) is 0 Å². The molecule has 0 spiro atoms. The summed E-state index contributed by atoms with van der Waals surface area (Å²) in [6.07, 6.45) is 1.76. The first-order valence-corrected chi connectivity index (χ1v) is 6.29. The highest BCUT2D eigenvalue weighted by Gasteiger charge is 2.12. The first kappa shape index (κ1) is 12.4. The predicted octanol–water partition coefficient (Wildman–Crippen LogP) is 4.02. The van der Waals surface area contributed by atoms with Gasteiger partial charge in [-0.2, -0.15) is 0 Å². The maximum Gasteiger partial charge on any atom is 0.274 e. The van der Waals surface area contributed by atoms with E-state index < -0.39 is 0 Å².